The first-order chi connectivity index (χ1) is 13.3. The molecule has 0 N–H and O–H groups in total. The fraction of sp³-hybridized carbons (Fsp3) is 0.100. The molecule has 1 aromatic carbocycles. The lowest BCUT2D eigenvalue weighted by atomic mass is 10.3. The number of aromatic nitrogens is 1. The van der Waals surface area contributed by atoms with Crippen LogP contribution in [-0.2, 0) is 18.0 Å². The van der Waals surface area contributed by atoms with Crippen LogP contribution in [0.5, 0.6) is 5.75 Å². The van der Waals surface area contributed by atoms with Crippen LogP contribution < -0.4 is 4.74 Å². The smallest absolute Gasteiger partial charge is 0.374 e. The van der Waals surface area contributed by atoms with Crippen molar-refractivity contribution in [1.82, 2.24) is 4.98 Å². The first-order valence-corrected chi connectivity index (χ1v) is 10.0. The SMILES string of the molecule is O=C(OCc1csc(-c2ccsc2)n1)c1ccc(COc2ccccc2)o1. The lowest BCUT2D eigenvalue weighted by molar-refractivity contribution is 0.0428. The summed E-state index contributed by atoms with van der Waals surface area (Å²) in [6.45, 7) is 0.351. The molecule has 0 aliphatic carbocycles. The van der Waals surface area contributed by atoms with E-state index in [9.17, 15) is 4.79 Å². The summed E-state index contributed by atoms with van der Waals surface area (Å²) in [5.41, 5.74) is 1.80. The minimum absolute atomic E-state index is 0.107. The zero-order valence-electron chi connectivity index (χ0n) is 14.2. The third kappa shape index (κ3) is 4.45. The van der Waals surface area contributed by atoms with Crippen LogP contribution in [0.25, 0.3) is 10.6 Å². The molecule has 0 fully saturated rings. The number of ether oxygens (including phenoxy) is 2. The predicted molar refractivity (Wildman–Crippen MR) is 104 cm³/mol. The number of furan rings is 1. The number of hydrogen-bond acceptors (Lipinski definition) is 7. The van der Waals surface area contributed by atoms with Crippen molar-refractivity contribution >= 4 is 28.6 Å². The average molecular weight is 397 g/mol. The minimum atomic E-state index is -0.522. The molecule has 0 saturated carbocycles. The van der Waals surface area contributed by atoms with E-state index in [4.69, 9.17) is 13.9 Å². The first-order valence-electron chi connectivity index (χ1n) is 8.18. The molecule has 0 radical (unpaired) electrons. The lowest BCUT2D eigenvalue weighted by Gasteiger charge is -2.03. The van der Waals surface area contributed by atoms with Gasteiger partial charge in [0.15, 0.2) is 0 Å². The van der Waals surface area contributed by atoms with Crippen molar-refractivity contribution in [1.29, 1.82) is 0 Å². The summed E-state index contributed by atoms with van der Waals surface area (Å²) in [7, 11) is 0. The van der Waals surface area contributed by atoms with Gasteiger partial charge in [0.05, 0.1) is 5.69 Å². The van der Waals surface area contributed by atoms with Gasteiger partial charge in [0.2, 0.25) is 5.76 Å². The topological polar surface area (TPSA) is 61.6 Å². The van der Waals surface area contributed by atoms with Crippen molar-refractivity contribution in [3.63, 3.8) is 0 Å². The summed E-state index contributed by atoms with van der Waals surface area (Å²) in [5, 5.41) is 6.85. The summed E-state index contributed by atoms with van der Waals surface area (Å²) >= 11 is 3.15. The number of thiophene rings is 1. The Labute approximate surface area is 163 Å². The van der Waals surface area contributed by atoms with Crippen LogP contribution in [0.3, 0.4) is 0 Å². The highest BCUT2D eigenvalue weighted by Crippen LogP contribution is 2.26. The van der Waals surface area contributed by atoms with Gasteiger partial charge in [-0.15, -0.1) is 11.3 Å². The normalized spacial score (nSPS) is 10.7. The van der Waals surface area contributed by atoms with Crippen molar-refractivity contribution in [3.05, 3.63) is 81.9 Å². The third-order valence-corrected chi connectivity index (χ3v) is 5.28. The highest BCUT2D eigenvalue weighted by atomic mass is 32.1. The van der Waals surface area contributed by atoms with E-state index >= 15 is 0 Å². The molecule has 4 aromatic rings. The molecule has 0 aliphatic heterocycles. The molecule has 3 heterocycles. The Morgan fingerprint density at radius 2 is 1.93 bits per heavy atom. The number of carbonyl (C=O) groups excluding carboxylic acids is 1. The number of thiazole rings is 1. The number of esters is 1. The van der Waals surface area contributed by atoms with E-state index < -0.39 is 5.97 Å². The van der Waals surface area contributed by atoms with Crippen molar-refractivity contribution < 1.29 is 18.7 Å². The van der Waals surface area contributed by atoms with Gasteiger partial charge in [-0.3, -0.25) is 0 Å². The minimum Gasteiger partial charge on any atom is -0.486 e. The molecule has 0 saturated heterocycles. The second kappa shape index (κ2) is 8.20. The third-order valence-electron chi connectivity index (χ3n) is 3.66. The van der Waals surface area contributed by atoms with Gasteiger partial charge in [-0.2, -0.15) is 11.3 Å². The van der Waals surface area contributed by atoms with E-state index in [1.54, 1.807) is 23.5 Å². The Bertz CT molecular complexity index is 1010. The van der Waals surface area contributed by atoms with Crippen LogP contribution >= 0.6 is 22.7 Å². The fourth-order valence-corrected chi connectivity index (χ4v) is 3.86. The van der Waals surface area contributed by atoms with Gasteiger partial charge in [-0.1, -0.05) is 18.2 Å². The predicted octanol–water partition coefficient (Wildman–Crippen LogP) is 5.40. The molecule has 0 amide bonds. The molecule has 4 rings (SSSR count). The first kappa shape index (κ1) is 17.5. The quantitative estimate of drug-likeness (QED) is 0.391. The summed E-state index contributed by atoms with van der Waals surface area (Å²) in [6, 6.07) is 14.7. The summed E-state index contributed by atoms with van der Waals surface area (Å²) in [6.07, 6.45) is 0. The summed E-state index contributed by atoms with van der Waals surface area (Å²) in [5.74, 6) is 0.920. The fourth-order valence-electron chi connectivity index (χ4n) is 2.34. The van der Waals surface area contributed by atoms with Crippen LogP contribution in [0.4, 0.5) is 0 Å². The van der Waals surface area contributed by atoms with E-state index in [1.807, 2.05) is 52.5 Å². The van der Waals surface area contributed by atoms with Crippen LogP contribution in [0, 0.1) is 0 Å². The van der Waals surface area contributed by atoms with Crippen molar-refractivity contribution in [3.8, 4) is 16.3 Å². The van der Waals surface area contributed by atoms with Crippen LogP contribution in [0.1, 0.15) is 22.0 Å². The maximum atomic E-state index is 12.2. The molecule has 3 aromatic heterocycles. The molecule has 0 spiro atoms. The molecule has 0 aliphatic rings. The van der Waals surface area contributed by atoms with Gasteiger partial charge in [-0.25, -0.2) is 9.78 Å². The highest BCUT2D eigenvalue weighted by molar-refractivity contribution is 7.14. The van der Waals surface area contributed by atoms with Crippen molar-refractivity contribution in [2.45, 2.75) is 13.2 Å². The zero-order valence-corrected chi connectivity index (χ0v) is 15.8. The van der Waals surface area contributed by atoms with Crippen molar-refractivity contribution in [2.24, 2.45) is 0 Å². The Morgan fingerprint density at radius 1 is 1.04 bits per heavy atom. The highest BCUT2D eigenvalue weighted by Gasteiger charge is 2.14. The molecule has 0 bridgehead atoms. The molecule has 7 heteroatoms. The summed E-state index contributed by atoms with van der Waals surface area (Å²) in [4.78, 5) is 16.6. The number of hydrogen-bond donors (Lipinski definition) is 0. The molecule has 136 valence electrons. The van der Waals surface area contributed by atoms with E-state index in [2.05, 4.69) is 4.98 Å². The van der Waals surface area contributed by atoms with E-state index in [1.165, 1.54) is 11.3 Å². The second-order valence-electron chi connectivity index (χ2n) is 5.60. The monoisotopic (exact) mass is 397 g/mol. The van der Waals surface area contributed by atoms with Crippen LogP contribution in [-0.4, -0.2) is 11.0 Å². The largest absolute Gasteiger partial charge is 0.486 e. The van der Waals surface area contributed by atoms with Gasteiger partial charge < -0.3 is 13.9 Å². The van der Waals surface area contributed by atoms with Crippen LogP contribution in [0.15, 0.2) is 69.1 Å². The van der Waals surface area contributed by atoms with Crippen LogP contribution in [0.2, 0.25) is 0 Å². The molecule has 0 unspecified atom stereocenters. The number of rotatable bonds is 7. The Balaban J connectivity index is 1.30. The zero-order chi connectivity index (χ0) is 18.5. The molecule has 0 atom stereocenters. The Kier molecular flexibility index (Phi) is 5.32. The lowest BCUT2D eigenvalue weighted by Crippen LogP contribution is -2.04. The molecular formula is C20H15NO4S2. The van der Waals surface area contributed by atoms with E-state index in [0.717, 1.165) is 16.3 Å². The van der Waals surface area contributed by atoms with Gasteiger partial charge >= 0.3 is 5.97 Å². The molecular weight excluding hydrogens is 382 g/mol. The molecule has 5 nitrogen and oxygen atoms in total. The number of para-hydroxylation sites is 1. The van der Waals surface area contributed by atoms with Crippen molar-refractivity contribution in [2.75, 3.05) is 0 Å². The maximum Gasteiger partial charge on any atom is 0.374 e. The number of carbonyl (C=O) groups is 1. The van der Waals surface area contributed by atoms with Gasteiger partial charge in [0.1, 0.15) is 29.7 Å². The number of benzene rings is 1. The van der Waals surface area contributed by atoms with E-state index in [0.29, 0.717) is 11.5 Å². The van der Waals surface area contributed by atoms with Gasteiger partial charge in [0, 0.05) is 16.3 Å². The average Bonchev–Trinajstić information content (AvgIpc) is 3.46. The molecule has 27 heavy (non-hydrogen) atoms. The summed E-state index contributed by atoms with van der Waals surface area (Å²) < 4.78 is 16.4. The maximum absolute atomic E-state index is 12.2. The van der Waals surface area contributed by atoms with Gasteiger partial charge in [-0.05, 0) is 35.7 Å². The Hall–Kier alpha value is -2.90. The second-order valence-corrected chi connectivity index (χ2v) is 7.24. The number of nitrogens with zero attached hydrogens (tertiary/aromatic N) is 1. The standard InChI is InChI=1S/C20H15NO4S2/c22-20(24-10-15-13-27-19(21-15)14-8-9-26-12-14)18-7-6-17(25-18)11-23-16-4-2-1-3-5-16/h1-9,12-13H,10-11H2. The van der Waals surface area contributed by atoms with E-state index in [-0.39, 0.29) is 19.0 Å². The van der Waals surface area contributed by atoms with Gasteiger partial charge in [0.25, 0.3) is 0 Å². The Morgan fingerprint density at radius 3 is 2.74 bits per heavy atom.